The molecule has 0 heterocycles. The normalized spacial score (nSPS) is 47.2. The van der Waals surface area contributed by atoms with E-state index in [1.807, 2.05) is 0 Å². The van der Waals surface area contributed by atoms with E-state index in [4.69, 9.17) is 4.99 Å². The Bertz CT molecular complexity index is 768. The van der Waals surface area contributed by atoms with Crippen LogP contribution >= 0.6 is 0 Å². The van der Waals surface area contributed by atoms with Gasteiger partial charge >= 0.3 is 0 Å². The smallest absolute Gasteiger partial charge is 0.0629 e. The molecular formula is C27H39NO. The van der Waals surface area contributed by atoms with E-state index in [0.29, 0.717) is 11.3 Å². The van der Waals surface area contributed by atoms with E-state index in [2.05, 4.69) is 51.1 Å². The van der Waals surface area contributed by atoms with Gasteiger partial charge in [0.1, 0.15) is 0 Å². The molecule has 0 saturated heterocycles. The van der Waals surface area contributed by atoms with Crippen LogP contribution in [0, 0.1) is 40.9 Å². The average molecular weight is 394 g/mol. The Kier molecular flexibility index (Phi) is 4.93. The van der Waals surface area contributed by atoms with Crippen molar-refractivity contribution in [2.24, 2.45) is 45.9 Å². The molecule has 4 saturated carbocycles. The average Bonchev–Trinajstić information content (AvgIpc) is 3.05. The summed E-state index contributed by atoms with van der Waals surface area (Å²) in [6.45, 7) is 6.97. The fraction of sp³-hybridized carbons (Fsp3) is 0.741. The van der Waals surface area contributed by atoms with Crippen LogP contribution < -0.4 is 0 Å². The van der Waals surface area contributed by atoms with Crippen LogP contribution in [0.1, 0.15) is 78.6 Å². The van der Waals surface area contributed by atoms with E-state index in [-0.39, 0.29) is 0 Å². The second-order valence-corrected chi connectivity index (χ2v) is 11.4. The summed E-state index contributed by atoms with van der Waals surface area (Å²) in [4.78, 5) is 5.05. The summed E-state index contributed by atoms with van der Waals surface area (Å²) >= 11 is 0. The van der Waals surface area contributed by atoms with Crippen LogP contribution in [-0.4, -0.2) is 16.4 Å². The first-order valence-electron chi connectivity index (χ1n) is 12.2. The van der Waals surface area contributed by atoms with Gasteiger partial charge in [0.05, 0.1) is 11.3 Å². The maximum absolute atomic E-state index is 10.6. The van der Waals surface area contributed by atoms with Gasteiger partial charge < -0.3 is 5.11 Å². The molecule has 0 spiro atoms. The van der Waals surface area contributed by atoms with Crippen LogP contribution in [0.25, 0.3) is 0 Å². The summed E-state index contributed by atoms with van der Waals surface area (Å²) in [6.07, 6.45) is 11.6. The van der Waals surface area contributed by atoms with Crippen LogP contribution in [-0.2, 0) is 0 Å². The van der Waals surface area contributed by atoms with Crippen LogP contribution in [0.4, 0.5) is 5.69 Å². The summed E-state index contributed by atoms with van der Waals surface area (Å²) in [6, 6.07) is 10.5. The molecule has 4 aliphatic rings. The molecule has 4 aliphatic carbocycles. The van der Waals surface area contributed by atoms with Crippen LogP contribution in [0.2, 0.25) is 0 Å². The quantitative estimate of drug-likeness (QED) is 0.551. The van der Waals surface area contributed by atoms with Crippen LogP contribution in [0.3, 0.4) is 0 Å². The van der Waals surface area contributed by atoms with E-state index in [1.54, 1.807) is 0 Å². The highest BCUT2D eigenvalue weighted by Gasteiger charge is 2.57. The van der Waals surface area contributed by atoms with Gasteiger partial charge in [0.25, 0.3) is 0 Å². The maximum Gasteiger partial charge on any atom is 0.0629 e. The van der Waals surface area contributed by atoms with Gasteiger partial charge in [-0.05, 0) is 119 Å². The molecule has 0 bridgehead atoms. The first kappa shape index (κ1) is 19.8. The van der Waals surface area contributed by atoms with Gasteiger partial charge in [-0.2, -0.15) is 0 Å². The standard InChI is InChI=1S/C27H39NO/c1-18(28-20-7-5-4-6-8-20)24-11-12-25-23-10-9-19-17-26(2,29)15-13-21(19)22(23)14-16-27(24,25)3/h4-8,19,21-25,29H,9-17H2,1-3H3/t19-,21+,22-,23-,24-,25+,26-,27-/m1/s1. The van der Waals surface area contributed by atoms with Gasteiger partial charge in [-0.25, -0.2) is 0 Å². The molecule has 1 N–H and O–H groups in total. The molecule has 5 rings (SSSR count). The lowest BCUT2D eigenvalue weighted by Crippen LogP contribution is -2.50. The Labute approximate surface area is 177 Å². The van der Waals surface area contributed by atoms with E-state index in [9.17, 15) is 5.11 Å². The van der Waals surface area contributed by atoms with Crippen molar-refractivity contribution in [1.82, 2.24) is 0 Å². The molecule has 2 heteroatoms. The highest BCUT2D eigenvalue weighted by atomic mass is 16.3. The fourth-order valence-corrected chi connectivity index (χ4v) is 8.55. The number of benzene rings is 1. The number of fused-ring (bicyclic) bond motifs is 5. The van der Waals surface area contributed by atoms with E-state index < -0.39 is 5.60 Å². The number of nitrogens with zero attached hydrogens (tertiary/aromatic N) is 1. The summed E-state index contributed by atoms with van der Waals surface area (Å²) in [7, 11) is 0. The number of hydrogen-bond acceptors (Lipinski definition) is 2. The molecule has 0 radical (unpaired) electrons. The molecular weight excluding hydrogens is 354 g/mol. The summed E-state index contributed by atoms with van der Waals surface area (Å²) in [5.74, 6) is 5.05. The Morgan fingerprint density at radius 1 is 0.897 bits per heavy atom. The van der Waals surface area contributed by atoms with Crippen LogP contribution in [0.15, 0.2) is 35.3 Å². The second kappa shape index (κ2) is 7.22. The van der Waals surface area contributed by atoms with Crippen LogP contribution in [0.5, 0.6) is 0 Å². The fourth-order valence-electron chi connectivity index (χ4n) is 8.55. The molecule has 0 aromatic heterocycles. The van der Waals surface area contributed by atoms with Crippen molar-refractivity contribution in [2.75, 3.05) is 0 Å². The molecule has 0 amide bonds. The van der Waals surface area contributed by atoms with Gasteiger partial charge in [0.2, 0.25) is 0 Å². The minimum Gasteiger partial charge on any atom is -0.390 e. The third-order valence-electron chi connectivity index (χ3n) is 9.80. The summed E-state index contributed by atoms with van der Waals surface area (Å²) < 4.78 is 0. The lowest BCUT2D eigenvalue weighted by atomic mass is 9.49. The number of aliphatic hydroxyl groups is 1. The molecule has 0 aliphatic heterocycles. The molecule has 8 atom stereocenters. The minimum atomic E-state index is -0.402. The van der Waals surface area contributed by atoms with Crippen molar-refractivity contribution in [3.05, 3.63) is 30.3 Å². The minimum absolute atomic E-state index is 0.402. The Balaban J connectivity index is 1.35. The first-order chi connectivity index (χ1) is 13.9. The summed E-state index contributed by atoms with van der Waals surface area (Å²) in [5.41, 5.74) is 2.51. The highest BCUT2D eigenvalue weighted by molar-refractivity contribution is 5.87. The number of para-hydroxylation sites is 1. The first-order valence-corrected chi connectivity index (χ1v) is 12.2. The zero-order valence-electron chi connectivity index (χ0n) is 18.6. The predicted octanol–water partition coefficient (Wildman–Crippen LogP) is 6.80. The molecule has 158 valence electrons. The van der Waals surface area contributed by atoms with Gasteiger partial charge in [0.15, 0.2) is 0 Å². The third-order valence-corrected chi connectivity index (χ3v) is 9.80. The Hall–Kier alpha value is -1.15. The lowest BCUT2D eigenvalue weighted by Gasteiger charge is -2.57. The monoisotopic (exact) mass is 393 g/mol. The van der Waals surface area contributed by atoms with E-state index in [0.717, 1.165) is 48.1 Å². The largest absolute Gasteiger partial charge is 0.390 e. The maximum atomic E-state index is 10.6. The van der Waals surface area contributed by atoms with E-state index >= 15 is 0 Å². The molecule has 29 heavy (non-hydrogen) atoms. The Morgan fingerprint density at radius 2 is 1.66 bits per heavy atom. The molecule has 1 aromatic rings. The molecule has 0 unspecified atom stereocenters. The van der Waals surface area contributed by atoms with Crippen molar-refractivity contribution < 1.29 is 5.11 Å². The predicted molar refractivity (Wildman–Crippen MR) is 120 cm³/mol. The van der Waals surface area contributed by atoms with Crippen molar-refractivity contribution in [1.29, 1.82) is 0 Å². The number of rotatable bonds is 2. The van der Waals surface area contributed by atoms with E-state index in [1.165, 1.54) is 50.7 Å². The van der Waals surface area contributed by atoms with Crippen molar-refractivity contribution >= 4 is 11.4 Å². The van der Waals surface area contributed by atoms with Crippen molar-refractivity contribution in [3.63, 3.8) is 0 Å². The SMILES string of the molecule is CC(=Nc1ccccc1)[C@H]1CC[C@H]2[C@@H]3CC[C@@H]4C[C@](C)(O)CC[C@@H]4[C@H]3CC[C@]12C. The lowest BCUT2D eigenvalue weighted by molar-refractivity contribution is -0.0965. The number of aliphatic imine (C=N–C) groups is 1. The van der Waals surface area contributed by atoms with Crippen molar-refractivity contribution in [3.8, 4) is 0 Å². The topological polar surface area (TPSA) is 32.6 Å². The Morgan fingerprint density at radius 3 is 2.45 bits per heavy atom. The highest BCUT2D eigenvalue weighted by Crippen LogP contribution is 2.64. The summed E-state index contributed by atoms with van der Waals surface area (Å²) in [5, 5.41) is 10.6. The molecule has 4 fully saturated rings. The van der Waals surface area contributed by atoms with Gasteiger partial charge in [-0.15, -0.1) is 0 Å². The zero-order valence-corrected chi connectivity index (χ0v) is 18.6. The molecule has 2 nitrogen and oxygen atoms in total. The van der Waals surface area contributed by atoms with Gasteiger partial charge in [0, 0.05) is 11.6 Å². The second-order valence-electron chi connectivity index (χ2n) is 11.4. The van der Waals surface area contributed by atoms with Gasteiger partial charge in [-0.1, -0.05) is 25.1 Å². The third kappa shape index (κ3) is 3.40. The zero-order chi connectivity index (χ0) is 20.2. The number of hydrogen-bond donors (Lipinski definition) is 1. The molecule has 1 aromatic carbocycles. The van der Waals surface area contributed by atoms with Crippen molar-refractivity contribution in [2.45, 2.75) is 84.2 Å². The van der Waals surface area contributed by atoms with Gasteiger partial charge in [-0.3, -0.25) is 4.99 Å².